The Morgan fingerprint density at radius 3 is 2.92 bits per heavy atom. The smallest absolute Gasteiger partial charge is 0.0843 e. The van der Waals surface area contributed by atoms with Crippen molar-refractivity contribution in [3.05, 3.63) is 19.2 Å². The van der Waals surface area contributed by atoms with Gasteiger partial charge in [-0.25, -0.2) is 0 Å². The van der Waals surface area contributed by atoms with Crippen molar-refractivity contribution >= 4 is 43.2 Å². The van der Waals surface area contributed by atoms with Crippen LogP contribution in [0.5, 0.6) is 0 Å². The maximum Gasteiger partial charge on any atom is 0.0843 e. The number of halogens is 2. The molecule has 0 bridgehead atoms. The molecule has 1 aromatic heterocycles. The predicted octanol–water partition coefficient (Wildman–Crippen LogP) is 3.60. The van der Waals surface area contributed by atoms with Gasteiger partial charge in [0.2, 0.25) is 0 Å². The first-order chi connectivity index (χ1) is 6.22. The summed E-state index contributed by atoms with van der Waals surface area (Å²) in [5, 5.41) is 3.23. The lowest BCUT2D eigenvalue weighted by Gasteiger charge is -1.94. The Morgan fingerprint density at radius 2 is 2.38 bits per heavy atom. The van der Waals surface area contributed by atoms with Crippen LogP contribution in [-0.4, -0.2) is 13.6 Å². The van der Waals surface area contributed by atoms with Gasteiger partial charge in [0.05, 0.1) is 3.79 Å². The summed E-state index contributed by atoms with van der Waals surface area (Å²) in [4.78, 5) is 1.51. The topological polar surface area (TPSA) is 12.0 Å². The van der Waals surface area contributed by atoms with Crippen LogP contribution in [0.15, 0.2) is 14.3 Å². The molecule has 2 atom stereocenters. The second kappa shape index (κ2) is 4.01. The van der Waals surface area contributed by atoms with E-state index in [-0.39, 0.29) is 0 Å². The zero-order valence-corrected chi connectivity index (χ0v) is 11.3. The normalized spacial score (nSPS) is 26.4. The maximum absolute atomic E-state index is 3.53. The van der Waals surface area contributed by atoms with Crippen LogP contribution in [-0.2, 0) is 0 Å². The van der Waals surface area contributed by atoms with E-state index in [1.165, 1.54) is 19.6 Å². The summed E-state index contributed by atoms with van der Waals surface area (Å²) in [6, 6.07) is 2.25. The monoisotopic (exact) mass is 323 g/mol. The molecular formula is C9H11Br2NS. The summed E-state index contributed by atoms with van der Waals surface area (Å²) in [5.41, 5.74) is 0. The molecule has 0 amide bonds. The molecule has 1 saturated carbocycles. The molecule has 2 rings (SSSR count). The van der Waals surface area contributed by atoms with E-state index in [4.69, 9.17) is 0 Å². The first-order valence-electron chi connectivity index (χ1n) is 4.31. The molecule has 1 aliphatic rings. The minimum atomic E-state index is 0.806. The van der Waals surface area contributed by atoms with E-state index in [0.717, 1.165) is 18.4 Å². The van der Waals surface area contributed by atoms with Crippen molar-refractivity contribution < 1.29 is 0 Å². The molecule has 1 nitrogen and oxygen atoms in total. The lowest BCUT2D eigenvalue weighted by molar-refractivity contribution is 0.700. The summed E-state index contributed by atoms with van der Waals surface area (Å²) in [6.45, 7) is 1.15. The van der Waals surface area contributed by atoms with Gasteiger partial charge in [0.25, 0.3) is 0 Å². The molecule has 1 aliphatic carbocycles. The van der Waals surface area contributed by atoms with Crippen LogP contribution in [0.25, 0.3) is 0 Å². The van der Waals surface area contributed by atoms with E-state index in [1.54, 1.807) is 0 Å². The van der Waals surface area contributed by atoms with Gasteiger partial charge in [0.1, 0.15) is 0 Å². The first kappa shape index (κ1) is 10.1. The lowest BCUT2D eigenvalue weighted by Crippen LogP contribution is -2.09. The van der Waals surface area contributed by atoms with Crippen LogP contribution in [0, 0.1) is 5.92 Å². The third kappa shape index (κ3) is 2.17. The van der Waals surface area contributed by atoms with Gasteiger partial charge in [-0.05, 0) is 69.8 Å². The first-order valence-corrected chi connectivity index (χ1v) is 6.72. The quantitative estimate of drug-likeness (QED) is 0.895. The Bertz CT molecular complexity index is 291. The molecule has 0 radical (unpaired) electrons. The summed E-state index contributed by atoms with van der Waals surface area (Å²) < 4.78 is 2.42. The summed E-state index contributed by atoms with van der Waals surface area (Å²) in [5.74, 6) is 1.67. The second-order valence-corrected chi connectivity index (χ2v) is 6.69. The maximum atomic E-state index is 3.53. The van der Waals surface area contributed by atoms with Gasteiger partial charge in [-0.15, -0.1) is 11.3 Å². The number of nitrogens with one attached hydrogen (secondary N) is 1. The SMILES string of the molecule is CNCC1CC1c1cc(Br)c(Br)s1. The van der Waals surface area contributed by atoms with Crippen molar-refractivity contribution in [3.8, 4) is 0 Å². The van der Waals surface area contributed by atoms with Gasteiger partial charge in [0, 0.05) is 9.35 Å². The van der Waals surface area contributed by atoms with Crippen molar-refractivity contribution in [2.45, 2.75) is 12.3 Å². The van der Waals surface area contributed by atoms with E-state index in [1.807, 2.05) is 18.4 Å². The molecule has 0 spiro atoms. The van der Waals surface area contributed by atoms with Crippen LogP contribution in [0.3, 0.4) is 0 Å². The lowest BCUT2D eigenvalue weighted by atomic mass is 10.3. The fourth-order valence-electron chi connectivity index (χ4n) is 1.63. The van der Waals surface area contributed by atoms with Gasteiger partial charge in [-0.1, -0.05) is 0 Å². The fourth-order valence-corrected chi connectivity index (χ4v) is 3.93. The Balaban J connectivity index is 2.03. The van der Waals surface area contributed by atoms with Gasteiger partial charge in [-0.3, -0.25) is 0 Å². The third-order valence-corrected chi connectivity index (χ3v) is 5.81. The Kier molecular flexibility index (Phi) is 3.13. The Hall–Kier alpha value is 0.620. The molecule has 0 aliphatic heterocycles. The van der Waals surface area contributed by atoms with E-state index < -0.39 is 0 Å². The van der Waals surface area contributed by atoms with Crippen molar-refractivity contribution in [2.75, 3.05) is 13.6 Å². The molecule has 1 fully saturated rings. The third-order valence-electron chi connectivity index (χ3n) is 2.42. The molecule has 1 aromatic rings. The van der Waals surface area contributed by atoms with E-state index >= 15 is 0 Å². The van der Waals surface area contributed by atoms with Gasteiger partial charge in [-0.2, -0.15) is 0 Å². The van der Waals surface area contributed by atoms with Crippen LogP contribution in [0.4, 0.5) is 0 Å². The largest absolute Gasteiger partial charge is 0.319 e. The number of rotatable bonds is 3. The summed E-state index contributed by atoms with van der Waals surface area (Å²) in [6.07, 6.45) is 1.35. The molecule has 0 aromatic carbocycles. The molecule has 13 heavy (non-hydrogen) atoms. The molecule has 1 heterocycles. The van der Waals surface area contributed by atoms with Gasteiger partial charge >= 0.3 is 0 Å². The number of thiophene rings is 1. The number of hydrogen-bond acceptors (Lipinski definition) is 2. The highest BCUT2D eigenvalue weighted by molar-refractivity contribution is 9.13. The molecule has 72 valence electrons. The summed E-state index contributed by atoms with van der Waals surface area (Å²) in [7, 11) is 2.02. The Labute approximate surface area is 99.2 Å². The van der Waals surface area contributed by atoms with Crippen LogP contribution < -0.4 is 5.32 Å². The van der Waals surface area contributed by atoms with E-state index in [9.17, 15) is 0 Å². The average molecular weight is 325 g/mol. The van der Waals surface area contributed by atoms with Gasteiger partial charge < -0.3 is 5.32 Å². The van der Waals surface area contributed by atoms with Crippen molar-refractivity contribution in [1.29, 1.82) is 0 Å². The zero-order valence-electron chi connectivity index (χ0n) is 7.31. The molecule has 0 saturated heterocycles. The molecular weight excluding hydrogens is 314 g/mol. The van der Waals surface area contributed by atoms with Crippen LogP contribution in [0.1, 0.15) is 17.2 Å². The second-order valence-electron chi connectivity index (χ2n) is 3.43. The van der Waals surface area contributed by atoms with Crippen LogP contribution >= 0.6 is 43.2 Å². The van der Waals surface area contributed by atoms with Gasteiger partial charge in [0.15, 0.2) is 0 Å². The van der Waals surface area contributed by atoms with E-state index in [2.05, 4.69) is 43.2 Å². The summed E-state index contributed by atoms with van der Waals surface area (Å²) >= 11 is 8.90. The van der Waals surface area contributed by atoms with Crippen molar-refractivity contribution in [1.82, 2.24) is 5.32 Å². The average Bonchev–Trinajstić information content (AvgIpc) is 2.76. The highest BCUT2D eigenvalue weighted by Gasteiger charge is 2.38. The van der Waals surface area contributed by atoms with E-state index in [0.29, 0.717) is 0 Å². The minimum absolute atomic E-state index is 0.806. The van der Waals surface area contributed by atoms with Crippen molar-refractivity contribution in [2.24, 2.45) is 5.92 Å². The standard InChI is InChI=1S/C9H11Br2NS/c1-12-4-5-2-6(5)8-3-7(10)9(11)13-8/h3,5-6,12H,2,4H2,1H3. The Morgan fingerprint density at radius 1 is 1.62 bits per heavy atom. The van der Waals surface area contributed by atoms with Crippen LogP contribution in [0.2, 0.25) is 0 Å². The molecule has 2 unspecified atom stereocenters. The molecule has 4 heteroatoms. The zero-order chi connectivity index (χ0) is 9.42. The number of hydrogen-bond donors (Lipinski definition) is 1. The van der Waals surface area contributed by atoms with Crippen molar-refractivity contribution in [3.63, 3.8) is 0 Å². The predicted molar refractivity (Wildman–Crippen MR) is 64.5 cm³/mol. The highest BCUT2D eigenvalue weighted by Crippen LogP contribution is 2.51. The molecule has 1 N–H and O–H groups in total. The fraction of sp³-hybridized carbons (Fsp3) is 0.556. The minimum Gasteiger partial charge on any atom is -0.319 e. The highest BCUT2D eigenvalue weighted by atomic mass is 79.9.